The van der Waals surface area contributed by atoms with Crippen LogP contribution in [0.3, 0.4) is 0 Å². The van der Waals surface area contributed by atoms with Crippen LogP contribution in [-0.4, -0.2) is 28.4 Å². The van der Waals surface area contributed by atoms with Crippen LogP contribution in [0.25, 0.3) is 0 Å². The predicted molar refractivity (Wildman–Crippen MR) is 67.1 cm³/mol. The number of aromatic nitrogens is 2. The molecule has 0 radical (unpaired) electrons. The predicted octanol–water partition coefficient (Wildman–Crippen LogP) is 2.77. The Morgan fingerprint density at radius 1 is 1.50 bits per heavy atom. The highest BCUT2D eigenvalue weighted by Crippen LogP contribution is 2.26. The van der Waals surface area contributed by atoms with Crippen LogP contribution in [0.1, 0.15) is 31.4 Å². The van der Waals surface area contributed by atoms with Crippen molar-refractivity contribution in [1.29, 1.82) is 0 Å². The molecule has 0 amide bonds. The average molecular weight is 240 g/mol. The number of hydrogen-bond acceptors (Lipinski definition) is 3. The van der Waals surface area contributed by atoms with Gasteiger partial charge in [0.15, 0.2) is 0 Å². The fourth-order valence-corrected chi connectivity index (χ4v) is 2.50. The van der Waals surface area contributed by atoms with Crippen molar-refractivity contribution in [1.82, 2.24) is 9.97 Å². The van der Waals surface area contributed by atoms with E-state index < -0.39 is 0 Å². The molecule has 0 N–H and O–H groups in total. The van der Waals surface area contributed by atoms with Crippen LogP contribution in [0.15, 0.2) is 12.4 Å². The zero-order valence-corrected chi connectivity index (χ0v) is 10.5. The molecule has 1 saturated heterocycles. The zero-order chi connectivity index (χ0) is 11.4. The molecular formula is C12H18ClN3. The molecule has 0 spiro atoms. The molecule has 1 aromatic heterocycles. The molecule has 2 heterocycles. The van der Waals surface area contributed by atoms with E-state index in [1.807, 2.05) is 6.92 Å². The van der Waals surface area contributed by atoms with Crippen molar-refractivity contribution in [2.24, 2.45) is 0 Å². The summed E-state index contributed by atoms with van der Waals surface area (Å²) in [5.74, 6) is 1.83. The second kappa shape index (κ2) is 5.48. The highest BCUT2D eigenvalue weighted by Gasteiger charge is 2.24. The Morgan fingerprint density at radius 2 is 2.38 bits per heavy atom. The van der Waals surface area contributed by atoms with Gasteiger partial charge in [0.05, 0.1) is 0 Å². The second-order valence-corrected chi connectivity index (χ2v) is 4.72. The summed E-state index contributed by atoms with van der Waals surface area (Å²) in [7, 11) is 0. The summed E-state index contributed by atoms with van der Waals surface area (Å²) >= 11 is 5.75. The van der Waals surface area contributed by atoms with E-state index in [2.05, 4.69) is 20.9 Å². The van der Waals surface area contributed by atoms with Crippen molar-refractivity contribution in [3.63, 3.8) is 0 Å². The van der Waals surface area contributed by atoms with Gasteiger partial charge >= 0.3 is 0 Å². The number of aryl methyl sites for hydroxylation is 1. The number of rotatable bonds is 4. The van der Waals surface area contributed by atoms with Gasteiger partial charge in [0, 0.05) is 30.2 Å². The molecule has 88 valence electrons. The zero-order valence-electron chi connectivity index (χ0n) is 9.69. The van der Waals surface area contributed by atoms with Crippen molar-refractivity contribution < 1.29 is 0 Å². The third-order valence-corrected chi connectivity index (χ3v) is 3.40. The van der Waals surface area contributed by atoms with E-state index in [-0.39, 0.29) is 0 Å². The molecule has 2 rings (SSSR count). The monoisotopic (exact) mass is 239 g/mol. The van der Waals surface area contributed by atoms with E-state index in [1.165, 1.54) is 19.3 Å². The van der Waals surface area contributed by atoms with Crippen molar-refractivity contribution in [2.75, 3.05) is 17.3 Å². The van der Waals surface area contributed by atoms with Gasteiger partial charge in [-0.25, -0.2) is 9.97 Å². The van der Waals surface area contributed by atoms with Crippen molar-refractivity contribution in [3.8, 4) is 0 Å². The Hall–Kier alpha value is -0.830. The van der Waals surface area contributed by atoms with E-state index in [1.54, 1.807) is 6.33 Å². The van der Waals surface area contributed by atoms with E-state index in [0.717, 1.165) is 30.4 Å². The standard InChI is InChI=1S/C12H18ClN3/c1-10-8-12(15-9-14-10)16-7-3-5-11(16)4-2-6-13/h8-9,11H,2-7H2,1H3. The first kappa shape index (κ1) is 11.6. The molecule has 1 fully saturated rings. The summed E-state index contributed by atoms with van der Waals surface area (Å²) in [5, 5.41) is 0. The Kier molecular flexibility index (Phi) is 3.99. The maximum Gasteiger partial charge on any atom is 0.132 e. The van der Waals surface area contributed by atoms with Gasteiger partial charge in [0.25, 0.3) is 0 Å². The van der Waals surface area contributed by atoms with Crippen LogP contribution in [-0.2, 0) is 0 Å². The molecule has 16 heavy (non-hydrogen) atoms. The highest BCUT2D eigenvalue weighted by molar-refractivity contribution is 6.17. The lowest BCUT2D eigenvalue weighted by molar-refractivity contribution is 0.598. The second-order valence-electron chi connectivity index (χ2n) is 4.34. The fourth-order valence-electron chi connectivity index (χ4n) is 2.35. The minimum absolute atomic E-state index is 0.619. The van der Waals surface area contributed by atoms with Crippen LogP contribution in [0, 0.1) is 6.92 Å². The lowest BCUT2D eigenvalue weighted by atomic mass is 10.1. The van der Waals surface area contributed by atoms with E-state index in [9.17, 15) is 0 Å². The van der Waals surface area contributed by atoms with Gasteiger partial charge in [-0.2, -0.15) is 0 Å². The molecule has 0 aliphatic carbocycles. The Morgan fingerprint density at radius 3 is 3.12 bits per heavy atom. The van der Waals surface area contributed by atoms with Gasteiger partial charge in [-0.1, -0.05) is 0 Å². The van der Waals surface area contributed by atoms with Gasteiger partial charge in [0.1, 0.15) is 12.1 Å². The summed E-state index contributed by atoms with van der Waals surface area (Å²) < 4.78 is 0. The maximum absolute atomic E-state index is 5.75. The van der Waals surface area contributed by atoms with Crippen LogP contribution in [0.2, 0.25) is 0 Å². The molecule has 0 bridgehead atoms. The summed E-state index contributed by atoms with van der Waals surface area (Å²) in [6, 6.07) is 2.69. The lowest BCUT2D eigenvalue weighted by Gasteiger charge is -2.25. The number of halogens is 1. The van der Waals surface area contributed by atoms with Crippen molar-refractivity contribution in [2.45, 2.75) is 38.6 Å². The molecule has 1 unspecified atom stereocenters. The first-order valence-corrected chi connectivity index (χ1v) is 6.46. The molecule has 1 atom stereocenters. The van der Waals surface area contributed by atoms with E-state index >= 15 is 0 Å². The molecule has 1 aromatic rings. The molecule has 1 aliphatic rings. The van der Waals surface area contributed by atoms with Gasteiger partial charge in [0.2, 0.25) is 0 Å². The minimum Gasteiger partial charge on any atom is -0.354 e. The highest BCUT2D eigenvalue weighted by atomic mass is 35.5. The first-order valence-electron chi connectivity index (χ1n) is 5.92. The molecule has 3 nitrogen and oxygen atoms in total. The normalized spacial score (nSPS) is 20.4. The summed E-state index contributed by atoms with van der Waals surface area (Å²) in [5.41, 5.74) is 1.04. The number of alkyl halides is 1. The number of hydrogen-bond donors (Lipinski definition) is 0. The first-order chi connectivity index (χ1) is 7.81. The maximum atomic E-state index is 5.75. The Labute approximate surface area is 102 Å². The van der Waals surface area contributed by atoms with Crippen LogP contribution in [0.4, 0.5) is 5.82 Å². The molecule has 4 heteroatoms. The topological polar surface area (TPSA) is 29.0 Å². The van der Waals surface area contributed by atoms with Crippen LogP contribution in [0.5, 0.6) is 0 Å². The third kappa shape index (κ3) is 2.64. The summed E-state index contributed by atoms with van der Waals surface area (Å²) in [6.45, 7) is 3.12. The number of nitrogens with zero attached hydrogens (tertiary/aromatic N) is 3. The van der Waals surface area contributed by atoms with Crippen molar-refractivity contribution in [3.05, 3.63) is 18.1 Å². The molecule has 1 aliphatic heterocycles. The SMILES string of the molecule is Cc1cc(N2CCCC2CCCCl)ncn1. The fraction of sp³-hybridized carbons (Fsp3) is 0.667. The lowest BCUT2D eigenvalue weighted by Crippen LogP contribution is -2.30. The third-order valence-electron chi connectivity index (χ3n) is 3.13. The molecule has 0 aromatic carbocycles. The van der Waals surface area contributed by atoms with Gasteiger partial charge < -0.3 is 4.90 Å². The quantitative estimate of drug-likeness (QED) is 0.757. The van der Waals surface area contributed by atoms with Gasteiger partial charge in [-0.3, -0.25) is 0 Å². The summed E-state index contributed by atoms with van der Waals surface area (Å²) in [6.07, 6.45) is 6.44. The van der Waals surface area contributed by atoms with Crippen molar-refractivity contribution >= 4 is 17.4 Å². The van der Waals surface area contributed by atoms with E-state index in [4.69, 9.17) is 11.6 Å². The smallest absolute Gasteiger partial charge is 0.132 e. The van der Waals surface area contributed by atoms with Crippen LogP contribution < -0.4 is 4.90 Å². The largest absolute Gasteiger partial charge is 0.354 e. The average Bonchev–Trinajstić information content (AvgIpc) is 2.74. The Bertz CT molecular complexity index is 343. The molecular weight excluding hydrogens is 222 g/mol. The minimum atomic E-state index is 0.619. The van der Waals surface area contributed by atoms with Gasteiger partial charge in [-0.15, -0.1) is 11.6 Å². The summed E-state index contributed by atoms with van der Waals surface area (Å²) in [4.78, 5) is 10.9. The number of anilines is 1. The molecule has 0 saturated carbocycles. The van der Waals surface area contributed by atoms with Gasteiger partial charge in [-0.05, 0) is 32.6 Å². The van der Waals surface area contributed by atoms with E-state index in [0.29, 0.717) is 6.04 Å². The Balaban J connectivity index is 2.07. The van der Waals surface area contributed by atoms with Crippen LogP contribution >= 0.6 is 11.6 Å².